The molecule has 0 fully saturated rings. The number of aromatic nitrogens is 4. The molecule has 14 heteroatoms. The lowest BCUT2D eigenvalue weighted by atomic mass is 10.2. The zero-order chi connectivity index (χ0) is 31.2. The highest BCUT2D eigenvalue weighted by atomic mass is 127. The van der Waals surface area contributed by atoms with Crippen LogP contribution in [-0.2, 0) is 30.8 Å². The van der Waals surface area contributed by atoms with Crippen LogP contribution in [0.5, 0.6) is 11.6 Å². The Kier molecular flexibility index (Phi) is 8.00. The van der Waals surface area contributed by atoms with Gasteiger partial charge in [0, 0.05) is 3.57 Å². The SMILES string of the molecule is COc1ccc(Cn2c(=O)c3c(OS(=O)(=O)c4ccc(C)cc4)n(C)c(=O)[n+](C)c3n(-c3ccc(I)cc3F)c2=O)cc1. The van der Waals surface area contributed by atoms with Gasteiger partial charge in [-0.1, -0.05) is 29.8 Å². The first-order valence-electron chi connectivity index (χ1n) is 12.7. The van der Waals surface area contributed by atoms with Gasteiger partial charge in [-0.05, 0) is 77.5 Å². The Morgan fingerprint density at radius 1 is 0.977 bits per heavy atom. The second kappa shape index (κ2) is 11.4. The fraction of sp³-hybridized carbons (Fsp3) is 0.172. The second-order valence-corrected chi connectivity index (χ2v) is 12.5. The molecule has 5 aromatic rings. The summed E-state index contributed by atoms with van der Waals surface area (Å²) in [5.74, 6) is -0.890. The van der Waals surface area contributed by atoms with E-state index >= 15 is 4.39 Å². The first kappa shape index (κ1) is 30.2. The van der Waals surface area contributed by atoms with Gasteiger partial charge in [0.25, 0.3) is 17.1 Å². The minimum atomic E-state index is -4.56. The van der Waals surface area contributed by atoms with Crippen molar-refractivity contribution in [1.29, 1.82) is 0 Å². The first-order valence-corrected chi connectivity index (χ1v) is 15.2. The standard InChI is InChI=1S/C29H25FIN4O7S/c1-17-5-12-21(13-6-17)43(39,40)42-27-24-25(32(2)28(37)33(27)3)35(23-14-9-19(31)15-22(23)30)29(38)34(26(24)36)16-18-7-10-20(41-4)11-8-18/h5-15H,16H2,1-4H3/q+1. The van der Waals surface area contributed by atoms with Gasteiger partial charge in [-0.2, -0.15) is 22.1 Å². The molecule has 0 N–H and O–H groups in total. The van der Waals surface area contributed by atoms with Crippen molar-refractivity contribution >= 4 is 43.7 Å². The third kappa shape index (κ3) is 5.47. The van der Waals surface area contributed by atoms with E-state index in [-0.39, 0.29) is 22.8 Å². The number of nitrogens with zero attached hydrogens (tertiary/aromatic N) is 4. The zero-order valence-corrected chi connectivity index (χ0v) is 26.3. The molecule has 0 aliphatic heterocycles. The summed E-state index contributed by atoms with van der Waals surface area (Å²) >= 11 is 1.91. The third-order valence-electron chi connectivity index (χ3n) is 6.88. The fourth-order valence-corrected chi connectivity index (χ4v) is 6.02. The van der Waals surface area contributed by atoms with E-state index in [9.17, 15) is 22.8 Å². The van der Waals surface area contributed by atoms with Gasteiger partial charge in [0.2, 0.25) is 0 Å². The molecule has 0 unspecified atom stereocenters. The topological polar surface area (TPSA) is 122 Å². The van der Waals surface area contributed by atoms with Crippen LogP contribution in [0.25, 0.3) is 16.7 Å². The molecule has 5 rings (SSSR count). The number of ether oxygens (including phenoxy) is 1. The lowest BCUT2D eigenvalue weighted by Gasteiger charge is -2.16. The van der Waals surface area contributed by atoms with Crippen LogP contribution in [0.1, 0.15) is 11.1 Å². The molecule has 0 saturated heterocycles. The predicted octanol–water partition coefficient (Wildman–Crippen LogP) is 2.55. The smallest absolute Gasteiger partial charge is 0.445 e. The molecule has 2 aromatic heterocycles. The van der Waals surface area contributed by atoms with Gasteiger partial charge in [-0.3, -0.25) is 4.79 Å². The third-order valence-corrected chi connectivity index (χ3v) is 8.77. The minimum Gasteiger partial charge on any atom is -0.497 e. The van der Waals surface area contributed by atoms with E-state index in [0.29, 0.717) is 14.9 Å². The maximum absolute atomic E-state index is 15.4. The quantitative estimate of drug-likeness (QED) is 0.144. The van der Waals surface area contributed by atoms with Crippen LogP contribution in [0.2, 0.25) is 0 Å². The average molecular weight is 720 g/mol. The van der Waals surface area contributed by atoms with Crippen molar-refractivity contribution in [3.63, 3.8) is 0 Å². The van der Waals surface area contributed by atoms with Crippen molar-refractivity contribution in [3.8, 4) is 17.3 Å². The number of benzene rings is 3. The molecule has 43 heavy (non-hydrogen) atoms. The molecule has 0 spiro atoms. The Labute approximate surface area is 258 Å². The molecule has 222 valence electrons. The monoisotopic (exact) mass is 719 g/mol. The summed E-state index contributed by atoms with van der Waals surface area (Å²) in [7, 11) is -0.551. The fourth-order valence-electron chi connectivity index (χ4n) is 4.60. The van der Waals surface area contributed by atoms with E-state index in [0.717, 1.165) is 23.8 Å². The Morgan fingerprint density at radius 3 is 2.23 bits per heavy atom. The van der Waals surface area contributed by atoms with Crippen molar-refractivity contribution in [1.82, 2.24) is 13.7 Å². The van der Waals surface area contributed by atoms with Gasteiger partial charge in [0.05, 0.1) is 27.7 Å². The van der Waals surface area contributed by atoms with Crippen LogP contribution in [0, 0.1) is 16.3 Å². The molecule has 3 aromatic carbocycles. The van der Waals surface area contributed by atoms with Crippen molar-refractivity contribution in [2.75, 3.05) is 7.11 Å². The average Bonchev–Trinajstić information content (AvgIpc) is 2.97. The molecule has 0 aliphatic rings. The van der Waals surface area contributed by atoms with E-state index in [1.807, 2.05) is 22.6 Å². The normalized spacial score (nSPS) is 11.6. The molecule has 0 amide bonds. The van der Waals surface area contributed by atoms with Gasteiger partial charge in [0.1, 0.15) is 16.3 Å². The molecule has 0 radical (unpaired) electrons. The number of aryl methyl sites for hydroxylation is 2. The number of hydrogen-bond acceptors (Lipinski definition) is 7. The largest absolute Gasteiger partial charge is 0.497 e. The number of halogens is 2. The van der Waals surface area contributed by atoms with Crippen LogP contribution < -0.4 is 30.4 Å². The first-order chi connectivity index (χ1) is 20.3. The van der Waals surface area contributed by atoms with E-state index < -0.39 is 44.1 Å². The van der Waals surface area contributed by atoms with Gasteiger partial charge in [-0.15, -0.1) is 0 Å². The van der Waals surface area contributed by atoms with E-state index in [1.165, 1.54) is 45.5 Å². The number of hydrogen-bond donors (Lipinski definition) is 0. The lowest BCUT2D eigenvalue weighted by molar-refractivity contribution is -0.667. The minimum absolute atomic E-state index is 0.220. The predicted molar refractivity (Wildman–Crippen MR) is 164 cm³/mol. The van der Waals surface area contributed by atoms with Crippen LogP contribution in [-0.4, -0.2) is 29.2 Å². The highest BCUT2D eigenvalue weighted by molar-refractivity contribution is 14.1. The number of fused-ring (bicyclic) bond motifs is 1. The summed E-state index contributed by atoms with van der Waals surface area (Å²) < 4.78 is 56.9. The molecule has 2 heterocycles. The van der Waals surface area contributed by atoms with E-state index in [2.05, 4.69) is 0 Å². The molecule has 0 saturated carbocycles. The molecule has 0 bridgehead atoms. The summed E-state index contributed by atoms with van der Waals surface area (Å²) in [6.07, 6.45) is 0. The second-order valence-electron chi connectivity index (χ2n) is 9.71. The van der Waals surface area contributed by atoms with Gasteiger partial charge < -0.3 is 8.92 Å². The summed E-state index contributed by atoms with van der Waals surface area (Å²) in [6.45, 7) is 1.51. The molecule has 0 atom stereocenters. The lowest BCUT2D eigenvalue weighted by Crippen LogP contribution is -2.56. The maximum Gasteiger partial charge on any atom is 0.445 e. The summed E-state index contributed by atoms with van der Waals surface area (Å²) in [5, 5.41) is -0.425. The number of methoxy groups -OCH3 is 1. The summed E-state index contributed by atoms with van der Waals surface area (Å²) in [4.78, 5) is 41.3. The molecular formula is C29H25FIN4O7S+. The molecular weight excluding hydrogens is 694 g/mol. The zero-order valence-electron chi connectivity index (χ0n) is 23.4. The van der Waals surface area contributed by atoms with Crippen LogP contribution in [0.15, 0.2) is 86.0 Å². The maximum atomic E-state index is 15.4. The Balaban J connectivity index is 1.90. The van der Waals surface area contributed by atoms with Crippen molar-refractivity contribution < 1.29 is 26.3 Å². The van der Waals surface area contributed by atoms with Gasteiger partial charge >= 0.3 is 21.5 Å². The van der Waals surface area contributed by atoms with Crippen LogP contribution in [0.3, 0.4) is 0 Å². The van der Waals surface area contributed by atoms with Crippen molar-refractivity contribution in [3.05, 3.63) is 119 Å². The van der Waals surface area contributed by atoms with Crippen LogP contribution >= 0.6 is 22.6 Å². The molecule has 0 aliphatic carbocycles. The Morgan fingerprint density at radius 2 is 1.63 bits per heavy atom. The number of rotatable bonds is 7. The summed E-state index contributed by atoms with van der Waals surface area (Å²) in [6, 6.07) is 16.4. The highest BCUT2D eigenvalue weighted by Gasteiger charge is 2.33. The van der Waals surface area contributed by atoms with Gasteiger partial charge in [-0.25, -0.2) is 18.5 Å². The Hall–Kier alpha value is -4.31. The van der Waals surface area contributed by atoms with E-state index in [1.54, 1.807) is 49.4 Å². The Bertz CT molecular complexity index is 2190. The van der Waals surface area contributed by atoms with Crippen molar-refractivity contribution in [2.45, 2.75) is 18.4 Å². The van der Waals surface area contributed by atoms with Crippen molar-refractivity contribution in [2.24, 2.45) is 14.1 Å². The van der Waals surface area contributed by atoms with Gasteiger partial charge in [0.15, 0.2) is 11.2 Å². The molecule has 11 nitrogen and oxygen atoms in total. The van der Waals surface area contributed by atoms with Crippen LogP contribution in [0.4, 0.5) is 4.39 Å². The highest BCUT2D eigenvalue weighted by Crippen LogP contribution is 2.25. The summed E-state index contributed by atoms with van der Waals surface area (Å²) in [5.41, 5.74) is -2.00. The van der Waals surface area contributed by atoms with E-state index in [4.69, 9.17) is 8.92 Å².